The summed E-state index contributed by atoms with van der Waals surface area (Å²) in [6, 6.07) is 11.5. The molecule has 1 aliphatic heterocycles. The number of likely N-dealkylation sites (N-methyl/N-ethyl adjacent to an activating group) is 1. The lowest BCUT2D eigenvalue weighted by molar-refractivity contribution is 0.311. The smallest absolute Gasteiger partial charge is 0.182 e. The Morgan fingerprint density at radius 2 is 1.82 bits per heavy atom. The summed E-state index contributed by atoms with van der Waals surface area (Å²) in [6.45, 7) is 5.85. The van der Waals surface area contributed by atoms with Crippen LogP contribution >= 0.6 is 11.6 Å². The molecular weight excluding hydrogens is 394 g/mol. The van der Waals surface area contributed by atoms with Crippen LogP contribution in [0.1, 0.15) is 5.56 Å². The number of ether oxygens (including phenoxy) is 1. The Balaban J connectivity index is 1.72. The van der Waals surface area contributed by atoms with Crippen molar-refractivity contribution in [2.45, 2.75) is 11.8 Å². The highest BCUT2D eigenvalue weighted by molar-refractivity contribution is 7.90. The highest BCUT2D eigenvalue weighted by atomic mass is 35.5. The minimum Gasteiger partial charge on any atom is -0.587 e. The SMILES string of the molecule is COc1ccc([S+]([O-])n2cc(C)c3cc(Cl)ccc32)cc1N1CCN(C)CC1. The van der Waals surface area contributed by atoms with Gasteiger partial charge in [-0.3, -0.25) is 0 Å². The number of benzene rings is 2. The third-order valence-electron chi connectivity index (χ3n) is 5.31. The molecule has 0 bridgehead atoms. The van der Waals surface area contributed by atoms with Gasteiger partial charge in [0.05, 0.1) is 24.5 Å². The normalized spacial score (nSPS) is 16.5. The molecule has 1 aromatic heterocycles. The lowest BCUT2D eigenvalue weighted by Gasteiger charge is -2.34. The summed E-state index contributed by atoms with van der Waals surface area (Å²) in [5.41, 5.74) is 2.97. The van der Waals surface area contributed by atoms with Crippen molar-refractivity contribution < 1.29 is 9.29 Å². The fourth-order valence-corrected chi connectivity index (χ4v) is 5.04. The maximum atomic E-state index is 13.4. The third-order valence-corrected chi connectivity index (χ3v) is 6.86. The van der Waals surface area contributed by atoms with E-state index in [4.69, 9.17) is 16.3 Å². The first-order chi connectivity index (χ1) is 13.5. The van der Waals surface area contributed by atoms with Crippen molar-refractivity contribution in [2.75, 3.05) is 45.2 Å². The maximum absolute atomic E-state index is 13.4. The van der Waals surface area contributed by atoms with Crippen LogP contribution in [-0.2, 0) is 11.4 Å². The first kappa shape index (κ1) is 19.5. The molecule has 2 heterocycles. The number of nitrogens with zero attached hydrogens (tertiary/aromatic N) is 3. The summed E-state index contributed by atoms with van der Waals surface area (Å²) < 4.78 is 20.8. The Morgan fingerprint density at radius 1 is 1.07 bits per heavy atom. The summed E-state index contributed by atoms with van der Waals surface area (Å²) in [4.78, 5) is 5.37. The number of fused-ring (bicyclic) bond motifs is 1. The Kier molecular flexibility index (Phi) is 5.47. The minimum absolute atomic E-state index is 0.681. The molecule has 3 aromatic rings. The van der Waals surface area contributed by atoms with Crippen molar-refractivity contribution in [3.63, 3.8) is 0 Å². The number of aromatic nitrogens is 1. The fourth-order valence-electron chi connectivity index (χ4n) is 3.65. The Labute approximate surface area is 173 Å². The van der Waals surface area contributed by atoms with Gasteiger partial charge in [0.25, 0.3) is 0 Å². The molecule has 4 rings (SSSR count). The van der Waals surface area contributed by atoms with Gasteiger partial charge in [0.15, 0.2) is 4.90 Å². The quantitative estimate of drug-likeness (QED) is 0.603. The van der Waals surface area contributed by atoms with Gasteiger partial charge in [0.1, 0.15) is 17.1 Å². The highest BCUT2D eigenvalue weighted by Gasteiger charge is 2.24. The van der Waals surface area contributed by atoms with Gasteiger partial charge >= 0.3 is 0 Å². The van der Waals surface area contributed by atoms with Crippen LogP contribution in [0, 0.1) is 6.92 Å². The first-order valence-corrected chi connectivity index (χ1v) is 10.8. The number of halogens is 1. The van der Waals surface area contributed by atoms with Crippen molar-refractivity contribution in [3.8, 4) is 5.75 Å². The van der Waals surface area contributed by atoms with E-state index in [-0.39, 0.29) is 0 Å². The molecular formula is C21H24ClN3O2S. The van der Waals surface area contributed by atoms with E-state index in [0.29, 0.717) is 5.02 Å². The largest absolute Gasteiger partial charge is 0.587 e. The van der Waals surface area contributed by atoms with Crippen LogP contribution in [0.25, 0.3) is 10.9 Å². The molecule has 5 nitrogen and oxygen atoms in total. The van der Waals surface area contributed by atoms with Crippen molar-refractivity contribution >= 4 is 39.6 Å². The number of methoxy groups -OCH3 is 1. The van der Waals surface area contributed by atoms with Gasteiger partial charge in [-0.2, -0.15) is 3.97 Å². The zero-order valence-corrected chi connectivity index (χ0v) is 17.9. The van der Waals surface area contributed by atoms with Gasteiger partial charge in [-0.15, -0.1) is 0 Å². The lowest BCUT2D eigenvalue weighted by atomic mass is 10.2. The Morgan fingerprint density at radius 3 is 2.54 bits per heavy atom. The van der Waals surface area contributed by atoms with E-state index in [9.17, 15) is 4.55 Å². The van der Waals surface area contributed by atoms with Crippen LogP contribution in [0.5, 0.6) is 5.75 Å². The number of piperazine rings is 1. The van der Waals surface area contributed by atoms with Crippen molar-refractivity contribution in [1.29, 1.82) is 0 Å². The minimum atomic E-state index is -1.36. The molecule has 1 unspecified atom stereocenters. The summed E-state index contributed by atoms with van der Waals surface area (Å²) in [7, 11) is 3.81. The zero-order chi connectivity index (χ0) is 19.8. The summed E-state index contributed by atoms with van der Waals surface area (Å²) in [5.74, 6) is 0.811. The summed E-state index contributed by atoms with van der Waals surface area (Å²) in [5, 5.41) is 1.70. The van der Waals surface area contributed by atoms with Crippen molar-refractivity contribution in [3.05, 3.63) is 53.2 Å². The Hall–Kier alpha value is -1.86. The van der Waals surface area contributed by atoms with Gasteiger partial charge in [0.2, 0.25) is 0 Å². The topological polar surface area (TPSA) is 43.7 Å². The van der Waals surface area contributed by atoms with Gasteiger partial charge in [-0.1, -0.05) is 11.6 Å². The van der Waals surface area contributed by atoms with E-state index in [1.54, 1.807) is 7.11 Å². The molecule has 0 radical (unpaired) electrons. The van der Waals surface area contributed by atoms with Crippen LogP contribution in [0.4, 0.5) is 5.69 Å². The molecule has 0 aliphatic carbocycles. The molecule has 28 heavy (non-hydrogen) atoms. The van der Waals surface area contributed by atoms with Crippen LogP contribution in [0.2, 0.25) is 5.02 Å². The van der Waals surface area contributed by atoms with Crippen molar-refractivity contribution in [2.24, 2.45) is 0 Å². The Bertz CT molecular complexity index is 999. The lowest BCUT2D eigenvalue weighted by Crippen LogP contribution is -2.44. The van der Waals surface area contributed by atoms with Crippen molar-refractivity contribution in [1.82, 2.24) is 8.87 Å². The fraction of sp³-hybridized carbons (Fsp3) is 0.333. The van der Waals surface area contributed by atoms with E-state index in [2.05, 4.69) is 16.8 Å². The van der Waals surface area contributed by atoms with E-state index >= 15 is 0 Å². The average molecular weight is 418 g/mol. The van der Waals surface area contributed by atoms with Crippen LogP contribution < -0.4 is 9.64 Å². The number of hydrogen-bond acceptors (Lipinski definition) is 4. The molecule has 0 N–H and O–H groups in total. The van der Waals surface area contributed by atoms with Crippen LogP contribution in [-0.4, -0.2) is 53.8 Å². The molecule has 1 saturated heterocycles. The summed E-state index contributed by atoms with van der Waals surface area (Å²) in [6.07, 6.45) is 1.93. The monoisotopic (exact) mass is 417 g/mol. The maximum Gasteiger partial charge on any atom is 0.182 e. The predicted octanol–water partition coefficient (Wildman–Crippen LogP) is 3.93. The number of aryl methyl sites for hydroxylation is 1. The van der Waals surface area contributed by atoms with E-state index in [0.717, 1.165) is 59.0 Å². The first-order valence-electron chi connectivity index (χ1n) is 9.29. The standard InChI is InChI=1S/C21H24ClN3O2S/c1-15-14-25(19-6-4-16(22)12-18(15)19)28(26)17-5-7-21(27-3)20(13-17)24-10-8-23(2)9-11-24/h4-7,12-14H,8-11H2,1-3H3. The number of hydrogen-bond donors (Lipinski definition) is 0. The van der Waals surface area contributed by atoms with Crippen LogP contribution in [0.3, 0.4) is 0 Å². The van der Waals surface area contributed by atoms with E-state index < -0.39 is 11.4 Å². The second-order valence-corrected chi connectivity index (χ2v) is 8.97. The summed E-state index contributed by atoms with van der Waals surface area (Å²) >= 11 is 4.78. The van der Waals surface area contributed by atoms with Gasteiger partial charge < -0.3 is 19.1 Å². The second-order valence-electron chi connectivity index (χ2n) is 7.17. The molecule has 1 fully saturated rings. The van der Waals surface area contributed by atoms with Gasteiger partial charge in [-0.25, -0.2) is 0 Å². The van der Waals surface area contributed by atoms with E-state index in [1.165, 1.54) is 0 Å². The number of anilines is 1. The zero-order valence-electron chi connectivity index (χ0n) is 16.3. The molecule has 0 saturated carbocycles. The molecule has 1 aliphatic rings. The second kappa shape index (κ2) is 7.87. The predicted molar refractivity (Wildman–Crippen MR) is 116 cm³/mol. The molecule has 148 valence electrons. The molecule has 0 spiro atoms. The van der Waals surface area contributed by atoms with Gasteiger partial charge in [-0.05, 0) is 49.9 Å². The highest BCUT2D eigenvalue weighted by Crippen LogP contribution is 2.34. The third kappa shape index (κ3) is 3.57. The number of rotatable bonds is 4. The molecule has 2 aromatic carbocycles. The molecule has 7 heteroatoms. The molecule has 1 atom stereocenters. The van der Waals surface area contributed by atoms with Gasteiger partial charge in [0, 0.05) is 42.7 Å². The van der Waals surface area contributed by atoms with Crippen LogP contribution in [0.15, 0.2) is 47.5 Å². The van der Waals surface area contributed by atoms with E-state index in [1.807, 2.05) is 53.5 Å². The average Bonchev–Trinajstić information content (AvgIpc) is 3.03. The molecule has 0 amide bonds.